The zero-order valence-electron chi connectivity index (χ0n) is 9.18. The van der Waals surface area contributed by atoms with Crippen LogP contribution in [0.1, 0.15) is 37.5 Å². The van der Waals surface area contributed by atoms with E-state index in [9.17, 15) is 0 Å². The van der Waals surface area contributed by atoms with Gasteiger partial charge in [-0.25, -0.2) is 0 Å². The number of rotatable bonds is 3. The van der Waals surface area contributed by atoms with Crippen LogP contribution in [-0.4, -0.2) is 12.1 Å². The molecule has 2 heterocycles. The van der Waals surface area contributed by atoms with Crippen LogP contribution in [0.5, 0.6) is 0 Å². The quantitative estimate of drug-likeness (QED) is 0.887. The Labute approximate surface area is 104 Å². The molecule has 1 unspecified atom stereocenters. The lowest BCUT2D eigenvalue weighted by atomic mass is 9.83. The molecule has 0 spiro atoms. The second-order valence-electron chi connectivity index (χ2n) is 4.40. The van der Waals surface area contributed by atoms with E-state index in [0.717, 1.165) is 0 Å². The monoisotopic (exact) mass is 287 g/mol. The van der Waals surface area contributed by atoms with Crippen molar-refractivity contribution >= 4 is 27.3 Å². The first-order chi connectivity index (χ1) is 7.24. The van der Waals surface area contributed by atoms with Crippen molar-refractivity contribution in [2.24, 2.45) is 0 Å². The van der Waals surface area contributed by atoms with Crippen molar-refractivity contribution in [3.63, 3.8) is 0 Å². The maximum Gasteiger partial charge on any atom is 0.0701 e. The van der Waals surface area contributed by atoms with Gasteiger partial charge in [-0.15, -0.1) is 11.3 Å². The van der Waals surface area contributed by atoms with Crippen molar-refractivity contribution in [1.82, 2.24) is 5.32 Å². The molecule has 1 atom stereocenters. The molecule has 0 radical (unpaired) electrons. The van der Waals surface area contributed by atoms with Gasteiger partial charge in [-0.3, -0.25) is 0 Å². The van der Waals surface area contributed by atoms with Crippen molar-refractivity contribution < 1.29 is 0 Å². The largest absolute Gasteiger partial charge is 0.311 e. The smallest absolute Gasteiger partial charge is 0.0701 e. The van der Waals surface area contributed by atoms with Gasteiger partial charge < -0.3 is 5.32 Å². The van der Waals surface area contributed by atoms with Gasteiger partial charge in [0.2, 0.25) is 0 Å². The molecule has 1 N–H and O–H groups in total. The summed E-state index contributed by atoms with van der Waals surface area (Å²) < 4.78 is 1.25. The Morgan fingerprint density at radius 2 is 2.33 bits per heavy atom. The molecule has 84 valence electrons. The molecular formula is C12H18BrNS. The minimum atomic E-state index is 0.378. The van der Waals surface area contributed by atoms with E-state index in [1.807, 2.05) is 11.3 Å². The molecule has 1 aromatic heterocycles. The molecule has 0 aliphatic carbocycles. The first kappa shape index (κ1) is 11.6. The maximum atomic E-state index is 3.73. The zero-order valence-corrected chi connectivity index (χ0v) is 11.6. The predicted molar refractivity (Wildman–Crippen MR) is 70.6 cm³/mol. The molecule has 1 aliphatic heterocycles. The Balaban J connectivity index is 2.06. The first-order valence-corrected chi connectivity index (χ1v) is 7.34. The van der Waals surface area contributed by atoms with Crippen LogP contribution in [0.2, 0.25) is 0 Å². The highest BCUT2D eigenvalue weighted by atomic mass is 79.9. The number of nitrogens with one attached hydrogen (secondary N) is 1. The molecule has 1 saturated heterocycles. The third kappa shape index (κ3) is 2.83. The average molecular weight is 288 g/mol. The number of hydrogen-bond donors (Lipinski definition) is 1. The third-order valence-corrected chi connectivity index (χ3v) is 5.02. The van der Waals surface area contributed by atoms with Crippen LogP contribution in [0.15, 0.2) is 15.9 Å². The van der Waals surface area contributed by atoms with Gasteiger partial charge in [0.1, 0.15) is 0 Å². The molecular weight excluding hydrogens is 270 g/mol. The summed E-state index contributed by atoms with van der Waals surface area (Å²) in [7, 11) is 0. The summed E-state index contributed by atoms with van der Waals surface area (Å²) in [4.78, 5) is 1.50. The van der Waals surface area contributed by atoms with E-state index in [4.69, 9.17) is 0 Å². The lowest BCUT2D eigenvalue weighted by Gasteiger charge is -2.37. The van der Waals surface area contributed by atoms with Crippen LogP contribution in [0.4, 0.5) is 0 Å². The van der Waals surface area contributed by atoms with Gasteiger partial charge in [0, 0.05) is 10.4 Å². The fraction of sp³-hybridized carbons (Fsp3) is 0.667. The van der Waals surface area contributed by atoms with E-state index < -0.39 is 0 Å². The Morgan fingerprint density at radius 3 is 2.87 bits per heavy atom. The van der Waals surface area contributed by atoms with Gasteiger partial charge in [0.15, 0.2) is 0 Å². The van der Waals surface area contributed by atoms with E-state index in [-0.39, 0.29) is 0 Å². The number of hydrogen-bond acceptors (Lipinski definition) is 2. The van der Waals surface area contributed by atoms with Crippen LogP contribution in [-0.2, 0) is 6.42 Å². The van der Waals surface area contributed by atoms with Gasteiger partial charge >= 0.3 is 0 Å². The average Bonchev–Trinajstić information content (AvgIpc) is 2.65. The van der Waals surface area contributed by atoms with E-state index in [1.54, 1.807) is 0 Å². The van der Waals surface area contributed by atoms with Crippen LogP contribution < -0.4 is 5.32 Å². The standard InChI is InChI=1S/C12H18BrNS/c1-2-12(7-3-4-8-14-12)9-10-5-6-11(13)15-10/h5-6,14H,2-4,7-9H2,1H3. The number of piperidine rings is 1. The van der Waals surface area contributed by atoms with Crippen LogP contribution in [0, 0.1) is 0 Å². The summed E-state index contributed by atoms with van der Waals surface area (Å²) in [5.74, 6) is 0. The fourth-order valence-corrected chi connectivity index (χ4v) is 4.02. The first-order valence-electron chi connectivity index (χ1n) is 5.73. The fourth-order valence-electron chi connectivity index (χ4n) is 2.39. The molecule has 1 aromatic rings. The molecule has 1 aliphatic rings. The third-order valence-electron chi connectivity index (χ3n) is 3.40. The van der Waals surface area contributed by atoms with Crippen molar-refractivity contribution in [2.45, 2.75) is 44.6 Å². The van der Waals surface area contributed by atoms with Crippen molar-refractivity contribution in [3.8, 4) is 0 Å². The van der Waals surface area contributed by atoms with Gasteiger partial charge in [-0.05, 0) is 60.3 Å². The molecule has 3 heteroatoms. The summed E-state index contributed by atoms with van der Waals surface area (Å²) in [6.07, 6.45) is 6.49. The van der Waals surface area contributed by atoms with Gasteiger partial charge in [0.25, 0.3) is 0 Å². The summed E-state index contributed by atoms with van der Waals surface area (Å²) in [6, 6.07) is 4.41. The second-order valence-corrected chi connectivity index (χ2v) is 6.95. The molecule has 0 amide bonds. The Kier molecular flexibility index (Phi) is 3.86. The van der Waals surface area contributed by atoms with E-state index in [0.29, 0.717) is 5.54 Å². The van der Waals surface area contributed by atoms with Crippen LogP contribution in [0.3, 0.4) is 0 Å². The van der Waals surface area contributed by atoms with Crippen molar-refractivity contribution in [2.75, 3.05) is 6.54 Å². The maximum absolute atomic E-state index is 3.73. The van der Waals surface area contributed by atoms with E-state index >= 15 is 0 Å². The molecule has 1 fully saturated rings. The lowest BCUT2D eigenvalue weighted by molar-refractivity contribution is 0.244. The molecule has 0 aromatic carbocycles. The van der Waals surface area contributed by atoms with Gasteiger partial charge in [0.05, 0.1) is 3.79 Å². The lowest BCUT2D eigenvalue weighted by Crippen LogP contribution is -2.49. The van der Waals surface area contributed by atoms with E-state index in [2.05, 4.69) is 40.3 Å². The Bertz CT molecular complexity index is 315. The minimum absolute atomic E-state index is 0.378. The minimum Gasteiger partial charge on any atom is -0.311 e. The van der Waals surface area contributed by atoms with Crippen molar-refractivity contribution in [3.05, 3.63) is 20.8 Å². The van der Waals surface area contributed by atoms with Crippen LogP contribution >= 0.6 is 27.3 Å². The number of halogens is 1. The highest BCUT2D eigenvalue weighted by molar-refractivity contribution is 9.11. The molecule has 15 heavy (non-hydrogen) atoms. The van der Waals surface area contributed by atoms with Gasteiger partial charge in [-0.1, -0.05) is 13.3 Å². The molecule has 2 rings (SSSR count). The molecule has 0 saturated carbocycles. The topological polar surface area (TPSA) is 12.0 Å². The molecule has 1 nitrogen and oxygen atoms in total. The highest BCUT2D eigenvalue weighted by Gasteiger charge is 2.30. The summed E-state index contributed by atoms with van der Waals surface area (Å²) in [5.41, 5.74) is 0.378. The zero-order chi connectivity index (χ0) is 10.7. The second kappa shape index (κ2) is 4.98. The SMILES string of the molecule is CCC1(Cc2ccc(Br)s2)CCCCN1. The van der Waals surface area contributed by atoms with Crippen LogP contribution in [0.25, 0.3) is 0 Å². The Morgan fingerprint density at radius 1 is 1.47 bits per heavy atom. The summed E-state index contributed by atoms with van der Waals surface area (Å²) in [5, 5.41) is 3.73. The highest BCUT2D eigenvalue weighted by Crippen LogP contribution is 2.31. The van der Waals surface area contributed by atoms with Crippen molar-refractivity contribution in [1.29, 1.82) is 0 Å². The normalized spacial score (nSPS) is 26.8. The summed E-state index contributed by atoms with van der Waals surface area (Å²) >= 11 is 5.41. The van der Waals surface area contributed by atoms with E-state index in [1.165, 1.54) is 47.3 Å². The molecule has 0 bridgehead atoms. The Hall–Kier alpha value is 0.140. The summed E-state index contributed by atoms with van der Waals surface area (Å²) in [6.45, 7) is 3.50. The van der Waals surface area contributed by atoms with Gasteiger partial charge in [-0.2, -0.15) is 0 Å². The predicted octanol–water partition coefficient (Wildman–Crippen LogP) is 3.98. The number of thiophene rings is 1.